The molecule has 0 aliphatic heterocycles. The molecule has 0 fully saturated rings. The summed E-state index contributed by atoms with van der Waals surface area (Å²) >= 11 is 6.10. The van der Waals surface area contributed by atoms with E-state index in [2.05, 4.69) is 15.7 Å². The van der Waals surface area contributed by atoms with Gasteiger partial charge in [-0.15, -0.1) is 0 Å². The minimum atomic E-state index is -4.48. The summed E-state index contributed by atoms with van der Waals surface area (Å²) in [6.45, 7) is 0.413. The Labute approximate surface area is 157 Å². The fourth-order valence-corrected chi connectivity index (χ4v) is 2.57. The predicted octanol–water partition coefficient (Wildman–Crippen LogP) is 5.25. The lowest BCUT2D eigenvalue weighted by atomic mass is 10.2. The van der Waals surface area contributed by atoms with Crippen molar-refractivity contribution in [1.82, 2.24) is 9.78 Å². The van der Waals surface area contributed by atoms with Crippen molar-refractivity contribution in [1.29, 1.82) is 0 Å². The van der Waals surface area contributed by atoms with E-state index in [1.54, 1.807) is 23.0 Å². The number of nitrogens with one attached hydrogen (secondary N) is 2. The molecular formula is C18H14ClF3N4O. The Kier molecular flexibility index (Phi) is 5.36. The number of urea groups is 1. The minimum Gasteiger partial charge on any atom is -0.308 e. The van der Waals surface area contributed by atoms with Crippen LogP contribution in [0.15, 0.2) is 60.8 Å². The third-order valence-corrected chi connectivity index (χ3v) is 3.99. The first-order valence-electron chi connectivity index (χ1n) is 7.83. The van der Waals surface area contributed by atoms with E-state index >= 15 is 0 Å². The number of amides is 2. The number of carbonyl (C=O) groups excluding carboxylic acids is 1. The molecule has 0 spiro atoms. The molecule has 0 saturated carbocycles. The molecule has 2 amide bonds. The Morgan fingerprint density at radius 2 is 1.85 bits per heavy atom. The van der Waals surface area contributed by atoms with Crippen LogP contribution in [0.5, 0.6) is 0 Å². The van der Waals surface area contributed by atoms with Crippen LogP contribution < -0.4 is 10.6 Å². The summed E-state index contributed by atoms with van der Waals surface area (Å²) in [5.41, 5.74) is 0.0457. The molecule has 0 atom stereocenters. The maximum atomic E-state index is 12.7. The Morgan fingerprint density at radius 3 is 2.59 bits per heavy atom. The maximum Gasteiger partial charge on any atom is 0.416 e. The highest BCUT2D eigenvalue weighted by molar-refractivity contribution is 6.31. The third kappa shape index (κ3) is 5.01. The number of halogens is 4. The van der Waals surface area contributed by atoms with Gasteiger partial charge in [0.1, 0.15) is 0 Å². The first-order chi connectivity index (χ1) is 12.8. The molecule has 0 saturated heterocycles. The zero-order chi connectivity index (χ0) is 19.4. The van der Waals surface area contributed by atoms with E-state index < -0.39 is 17.8 Å². The van der Waals surface area contributed by atoms with Gasteiger partial charge in [-0.25, -0.2) is 4.79 Å². The van der Waals surface area contributed by atoms with E-state index in [0.29, 0.717) is 11.6 Å². The average molecular weight is 395 g/mol. The smallest absolute Gasteiger partial charge is 0.308 e. The van der Waals surface area contributed by atoms with Crippen molar-refractivity contribution < 1.29 is 18.0 Å². The standard InChI is InChI=1S/C18H14ClF3N4O/c19-15-7-2-1-4-12(15)11-26-9-8-16(25-26)24-17(27)23-14-6-3-5-13(10-14)18(20,21)22/h1-10H,11H2,(H2,23,24,25,27). The predicted molar refractivity (Wildman–Crippen MR) is 96.9 cm³/mol. The Hall–Kier alpha value is -3.00. The van der Waals surface area contributed by atoms with Crippen LogP contribution in [0.25, 0.3) is 0 Å². The number of carbonyl (C=O) groups is 1. The Morgan fingerprint density at radius 1 is 1.07 bits per heavy atom. The molecule has 0 aliphatic rings. The van der Waals surface area contributed by atoms with Crippen molar-refractivity contribution in [2.75, 3.05) is 10.6 Å². The number of rotatable bonds is 4. The van der Waals surface area contributed by atoms with Crippen LogP contribution in [0, 0.1) is 0 Å². The highest BCUT2D eigenvalue weighted by Gasteiger charge is 2.30. The van der Waals surface area contributed by atoms with Crippen LogP contribution >= 0.6 is 11.6 Å². The fourth-order valence-electron chi connectivity index (χ4n) is 2.37. The number of benzene rings is 2. The lowest BCUT2D eigenvalue weighted by molar-refractivity contribution is -0.137. The van der Waals surface area contributed by atoms with E-state index in [9.17, 15) is 18.0 Å². The van der Waals surface area contributed by atoms with Gasteiger partial charge in [0.05, 0.1) is 12.1 Å². The van der Waals surface area contributed by atoms with Gasteiger partial charge < -0.3 is 5.32 Å². The SMILES string of the molecule is O=C(Nc1cccc(C(F)(F)F)c1)Nc1ccn(Cc2ccccc2Cl)n1. The van der Waals surface area contributed by atoms with Crippen molar-refractivity contribution >= 4 is 29.1 Å². The lowest BCUT2D eigenvalue weighted by Crippen LogP contribution is -2.20. The number of hydrogen-bond donors (Lipinski definition) is 2. The first kappa shape index (κ1) is 18.8. The molecule has 0 bridgehead atoms. The molecule has 0 unspecified atom stereocenters. The molecule has 5 nitrogen and oxygen atoms in total. The molecule has 2 aromatic carbocycles. The van der Waals surface area contributed by atoms with Crippen LogP contribution in [0.1, 0.15) is 11.1 Å². The number of nitrogens with zero attached hydrogens (tertiary/aromatic N) is 2. The van der Waals surface area contributed by atoms with Gasteiger partial charge in [0, 0.05) is 23.0 Å². The van der Waals surface area contributed by atoms with Crippen molar-refractivity contribution in [2.24, 2.45) is 0 Å². The molecule has 3 aromatic rings. The second-order valence-corrected chi connectivity index (χ2v) is 6.05. The molecular weight excluding hydrogens is 381 g/mol. The number of hydrogen-bond acceptors (Lipinski definition) is 2. The summed E-state index contributed by atoms with van der Waals surface area (Å²) in [5.74, 6) is 0.256. The molecule has 3 rings (SSSR count). The highest BCUT2D eigenvalue weighted by Crippen LogP contribution is 2.30. The van der Waals surface area contributed by atoms with Gasteiger partial charge in [-0.1, -0.05) is 35.9 Å². The first-order valence-corrected chi connectivity index (χ1v) is 8.21. The summed E-state index contributed by atoms with van der Waals surface area (Å²) in [7, 11) is 0. The average Bonchev–Trinajstić information content (AvgIpc) is 3.03. The Bertz CT molecular complexity index is 956. The summed E-state index contributed by atoms with van der Waals surface area (Å²) in [6, 6.07) is 12.5. The zero-order valence-electron chi connectivity index (χ0n) is 13.8. The van der Waals surface area contributed by atoms with Crippen molar-refractivity contribution in [3.8, 4) is 0 Å². The van der Waals surface area contributed by atoms with Gasteiger partial charge in [-0.05, 0) is 29.8 Å². The maximum absolute atomic E-state index is 12.7. The second kappa shape index (κ2) is 7.71. The van der Waals surface area contributed by atoms with E-state index in [1.807, 2.05) is 18.2 Å². The molecule has 2 N–H and O–H groups in total. The molecule has 140 valence electrons. The summed E-state index contributed by atoms with van der Waals surface area (Å²) in [6.07, 6.45) is -2.82. The van der Waals surface area contributed by atoms with Crippen molar-refractivity contribution in [2.45, 2.75) is 12.7 Å². The quantitative estimate of drug-likeness (QED) is 0.635. The third-order valence-electron chi connectivity index (χ3n) is 3.62. The zero-order valence-corrected chi connectivity index (χ0v) is 14.6. The second-order valence-electron chi connectivity index (χ2n) is 5.65. The normalized spacial score (nSPS) is 11.3. The molecule has 1 aromatic heterocycles. The van der Waals surface area contributed by atoms with Gasteiger partial charge in [-0.3, -0.25) is 10.00 Å². The molecule has 27 heavy (non-hydrogen) atoms. The highest BCUT2D eigenvalue weighted by atomic mass is 35.5. The summed E-state index contributed by atoms with van der Waals surface area (Å²) in [4.78, 5) is 12.0. The Balaban J connectivity index is 1.62. The molecule has 0 aliphatic carbocycles. The lowest BCUT2D eigenvalue weighted by Gasteiger charge is -2.10. The monoisotopic (exact) mass is 394 g/mol. The van der Waals surface area contributed by atoms with Crippen LogP contribution in [0.2, 0.25) is 5.02 Å². The van der Waals surface area contributed by atoms with Crippen molar-refractivity contribution in [3.63, 3.8) is 0 Å². The van der Waals surface area contributed by atoms with E-state index in [-0.39, 0.29) is 11.5 Å². The van der Waals surface area contributed by atoms with Gasteiger partial charge in [-0.2, -0.15) is 18.3 Å². The van der Waals surface area contributed by atoms with Crippen LogP contribution in [0.4, 0.5) is 29.5 Å². The largest absolute Gasteiger partial charge is 0.416 e. The summed E-state index contributed by atoms with van der Waals surface area (Å²) in [5, 5.41) is 9.62. The topological polar surface area (TPSA) is 59.0 Å². The van der Waals surface area contributed by atoms with Gasteiger partial charge in [0.15, 0.2) is 5.82 Å². The molecule has 0 radical (unpaired) electrons. The van der Waals surface area contributed by atoms with Gasteiger partial charge in [0.2, 0.25) is 0 Å². The number of alkyl halides is 3. The van der Waals surface area contributed by atoms with Crippen LogP contribution in [0.3, 0.4) is 0 Å². The van der Waals surface area contributed by atoms with Gasteiger partial charge >= 0.3 is 12.2 Å². The summed E-state index contributed by atoms with van der Waals surface area (Å²) < 4.78 is 39.7. The van der Waals surface area contributed by atoms with E-state index in [4.69, 9.17) is 11.6 Å². The number of aromatic nitrogens is 2. The van der Waals surface area contributed by atoms with Crippen LogP contribution in [-0.2, 0) is 12.7 Å². The minimum absolute atomic E-state index is 0.0258. The van der Waals surface area contributed by atoms with Gasteiger partial charge in [0.25, 0.3) is 0 Å². The van der Waals surface area contributed by atoms with E-state index in [1.165, 1.54) is 12.1 Å². The van der Waals surface area contributed by atoms with E-state index in [0.717, 1.165) is 17.7 Å². The van der Waals surface area contributed by atoms with Crippen molar-refractivity contribution in [3.05, 3.63) is 76.9 Å². The number of anilines is 2. The fraction of sp³-hybridized carbons (Fsp3) is 0.111. The van der Waals surface area contributed by atoms with Crippen LogP contribution in [-0.4, -0.2) is 15.8 Å². The molecule has 1 heterocycles. The molecule has 9 heteroatoms.